The van der Waals surface area contributed by atoms with Gasteiger partial charge in [0.1, 0.15) is 53.4 Å². The average molecular weight is 674 g/mol. The summed E-state index contributed by atoms with van der Waals surface area (Å²) in [5.41, 5.74) is 4.91. The van der Waals surface area contributed by atoms with E-state index in [4.69, 9.17) is 23.7 Å². The molecule has 0 bridgehead atoms. The van der Waals surface area contributed by atoms with Gasteiger partial charge in [-0.1, -0.05) is 12.1 Å². The molecule has 13 heteroatoms. The number of hydrogen-bond donors (Lipinski definition) is 2. The number of aromatic nitrogens is 1. The zero-order valence-corrected chi connectivity index (χ0v) is 27.0. The topological polar surface area (TPSA) is 128 Å². The Hall–Kier alpha value is -5.01. The summed E-state index contributed by atoms with van der Waals surface area (Å²) in [6.45, 7) is 2.42. The van der Waals surface area contributed by atoms with Gasteiger partial charge >= 0.3 is 5.97 Å². The number of carbonyl (C=O) groups excluding carboxylic acids is 3. The lowest BCUT2D eigenvalue weighted by Gasteiger charge is -2.49. The second-order valence-corrected chi connectivity index (χ2v) is 12.5. The monoisotopic (exact) mass is 673 g/mol. The fourth-order valence-corrected chi connectivity index (χ4v) is 7.31. The number of rotatable bonds is 11. The van der Waals surface area contributed by atoms with E-state index >= 15 is 0 Å². The first-order valence-electron chi connectivity index (χ1n) is 15.4. The van der Waals surface area contributed by atoms with Gasteiger partial charge in [0.25, 0.3) is 11.8 Å². The molecule has 2 N–H and O–H groups in total. The van der Waals surface area contributed by atoms with Crippen molar-refractivity contribution in [3.8, 4) is 28.5 Å². The number of nitrogens with zero attached hydrogens (tertiary/aromatic N) is 1. The number of aromatic amines is 1. The van der Waals surface area contributed by atoms with Crippen LogP contribution in [-0.4, -0.2) is 71.8 Å². The molecule has 48 heavy (non-hydrogen) atoms. The molecule has 2 unspecified atom stereocenters. The number of halogens is 1. The molecule has 1 aromatic heterocycles. The first-order valence-corrected chi connectivity index (χ1v) is 16.4. The van der Waals surface area contributed by atoms with Crippen LogP contribution in [0.4, 0.5) is 4.39 Å². The third kappa shape index (κ3) is 5.95. The number of fused-ring (bicyclic) bond motifs is 6. The molecule has 3 aromatic carbocycles. The number of ether oxygens (including phenoxy) is 5. The highest BCUT2D eigenvalue weighted by Gasteiger charge is 2.54. The van der Waals surface area contributed by atoms with Crippen molar-refractivity contribution in [2.75, 3.05) is 32.7 Å². The molecule has 11 nitrogen and oxygen atoms in total. The molecule has 248 valence electrons. The van der Waals surface area contributed by atoms with Gasteiger partial charge in [0, 0.05) is 40.5 Å². The van der Waals surface area contributed by atoms with Crippen LogP contribution in [-0.2, 0) is 37.1 Å². The minimum Gasteiger partial charge on any atom is -0.497 e. The minimum atomic E-state index is -0.832. The first kappa shape index (κ1) is 31.6. The predicted octanol–water partition coefficient (Wildman–Crippen LogP) is 4.69. The van der Waals surface area contributed by atoms with Crippen LogP contribution >= 0.6 is 11.8 Å². The molecule has 0 saturated carbocycles. The van der Waals surface area contributed by atoms with Crippen LogP contribution in [0.25, 0.3) is 22.2 Å². The van der Waals surface area contributed by atoms with E-state index in [2.05, 4.69) is 10.3 Å². The van der Waals surface area contributed by atoms with Crippen molar-refractivity contribution < 1.29 is 42.5 Å². The Balaban J connectivity index is 0.980. The van der Waals surface area contributed by atoms with Gasteiger partial charge < -0.3 is 34.0 Å². The molecule has 4 aromatic rings. The molecule has 0 spiro atoms. The lowest BCUT2D eigenvalue weighted by atomic mass is 10.0. The Morgan fingerprint density at radius 1 is 1.08 bits per heavy atom. The Labute approximate surface area is 279 Å². The minimum absolute atomic E-state index is 0.0161. The predicted molar refractivity (Wildman–Crippen MR) is 175 cm³/mol. The van der Waals surface area contributed by atoms with Crippen LogP contribution in [0.15, 0.2) is 71.9 Å². The van der Waals surface area contributed by atoms with E-state index in [9.17, 15) is 18.8 Å². The molecule has 0 radical (unpaired) electrons. The Morgan fingerprint density at radius 2 is 1.90 bits per heavy atom. The number of esters is 1. The number of nitrogens with one attached hydrogen (secondary N) is 2. The van der Waals surface area contributed by atoms with Crippen molar-refractivity contribution in [1.82, 2.24) is 15.2 Å². The maximum absolute atomic E-state index is 13.8. The lowest BCUT2D eigenvalue weighted by molar-refractivity contribution is -0.153. The van der Waals surface area contributed by atoms with Gasteiger partial charge in [-0.2, -0.15) is 0 Å². The highest BCUT2D eigenvalue weighted by molar-refractivity contribution is 8.00. The summed E-state index contributed by atoms with van der Waals surface area (Å²) in [6, 6.07) is 16.1. The molecule has 3 aliphatic rings. The fraction of sp³-hybridized carbons (Fsp3) is 0.286. The second kappa shape index (κ2) is 13.2. The molecule has 0 aliphatic carbocycles. The molecule has 4 heterocycles. The van der Waals surface area contributed by atoms with Gasteiger partial charge in [0.05, 0.1) is 19.4 Å². The molecule has 2 amide bonds. The van der Waals surface area contributed by atoms with E-state index in [1.807, 2.05) is 13.0 Å². The number of H-pyrrole nitrogens is 1. The number of thioether (sulfide) groups is 1. The standard InChI is InChI=1S/C35H32FN3O8S/c1-3-44-15-20-18-48-34-31(33(41)39(34)32(20)35(42)47-14-19-4-7-22(43-2)8-5-19)38-29(40)17-45-23-9-10-24-28(13-23)46-16-26-25-12-21(36)6-11-27(25)37-30(24)26/h4-13,31,34,37H,3,14-18H2,1-2H3,(H,38,40). The van der Waals surface area contributed by atoms with Crippen LogP contribution in [0.1, 0.15) is 18.1 Å². The van der Waals surface area contributed by atoms with Gasteiger partial charge in [0.2, 0.25) is 0 Å². The zero-order chi connectivity index (χ0) is 33.4. The molecule has 7 rings (SSSR count). The van der Waals surface area contributed by atoms with E-state index in [1.54, 1.807) is 49.6 Å². The second-order valence-electron chi connectivity index (χ2n) is 11.4. The first-order chi connectivity index (χ1) is 23.3. The van der Waals surface area contributed by atoms with Crippen molar-refractivity contribution in [2.45, 2.75) is 31.6 Å². The zero-order valence-electron chi connectivity index (χ0n) is 26.2. The fourth-order valence-electron chi connectivity index (χ4n) is 5.98. The Bertz CT molecular complexity index is 1940. The van der Waals surface area contributed by atoms with Crippen LogP contribution < -0.4 is 19.5 Å². The summed E-state index contributed by atoms with van der Waals surface area (Å²) in [4.78, 5) is 44.3. The summed E-state index contributed by atoms with van der Waals surface area (Å²) in [6.07, 6.45) is 0. The van der Waals surface area contributed by atoms with E-state index in [-0.39, 0.29) is 37.9 Å². The largest absolute Gasteiger partial charge is 0.497 e. The highest BCUT2D eigenvalue weighted by Crippen LogP contribution is 2.43. The van der Waals surface area contributed by atoms with Crippen molar-refractivity contribution in [1.29, 1.82) is 0 Å². The average Bonchev–Trinajstić information content (AvgIpc) is 3.48. The van der Waals surface area contributed by atoms with Crippen LogP contribution in [0, 0.1) is 5.82 Å². The summed E-state index contributed by atoms with van der Waals surface area (Å²) in [5, 5.41) is 3.05. The number of benzene rings is 3. The summed E-state index contributed by atoms with van der Waals surface area (Å²) < 4.78 is 41.9. The van der Waals surface area contributed by atoms with Crippen LogP contribution in [0.3, 0.4) is 0 Å². The Morgan fingerprint density at radius 3 is 2.69 bits per heavy atom. The normalized spacial score (nSPS) is 17.9. The van der Waals surface area contributed by atoms with Gasteiger partial charge in [-0.25, -0.2) is 9.18 Å². The SMILES string of the molecule is CCOCC1=C(C(=O)OCc2ccc(OC)cc2)N2C(=O)C(NC(=O)COc3ccc4c(c3)OCc3c-4[nH]c4ccc(F)cc34)C2SC1. The van der Waals surface area contributed by atoms with Gasteiger partial charge in [-0.15, -0.1) is 11.8 Å². The lowest BCUT2D eigenvalue weighted by Crippen LogP contribution is -2.71. The third-order valence-electron chi connectivity index (χ3n) is 8.40. The van der Waals surface area contributed by atoms with Gasteiger partial charge in [0.15, 0.2) is 6.61 Å². The van der Waals surface area contributed by atoms with Crippen molar-refractivity contribution in [3.63, 3.8) is 0 Å². The van der Waals surface area contributed by atoms with Crippen molar-refractivity contribution in [2.24, 2.45) is 0 Å². The number of amides is 2. The molecule has 3 aliphatic heterocycles. The van der Waals surface area contributed by atoms with Gasteiger partial charge in [-0.3, -0.25) is 14.5 Å². The summed E-state index contributed by atoms with van der Waals surface area (Å²) in [5.74, 6) is 0.250. The molecule has 2 atom stereocenters. The molecular formula is C35H32FN3O8S. The van der Waals surface area contributed by atoms with E-state index in [1.165, 1.54) is 28.8 Å². The number of methoxy groups -OCH3 is 1. The summed E-state index contributed by atoms with van der Waals surface area (Å²) >= 11 is 1.44. The third-order valence-corrected chi connectivity index (χ3v) is 9.74. The molecule has 1 fully saturated rings. The molecular weight excluding hydrogens is 641 g/mol. The highest BCUT2D eigenvalue weighted by atomic mass is 32.2. The smallest absolute Gasteiger partial charge is 0.355 e. The maximum Gasteiger partial charge on any atom is 0.355 e. The van der Waals surface area contributed by atoms with Crippen LogP contribution in [0.2, 0.25) is 0 Å². The number of hydrogen-bond acceptors (Lipinski definition) is 9. The summed E-state index contributed by atoms with van der Waals surface area (Å²) in [7, 11) is 1.57. The number of carbonyl (C=O) groups is 3. The Kier molecular flexibility index (Phi) is 8.71. The van der Waals surface area contributed by atoms with Gasteiger partial charge in [-0.05, 0) is 60.5 Å². The molecule has 1 saturated heterocycles. The van der Waals surface area contributed by atoms with Crippen molar-refractivity contribution >= 4 is 40.4 Å². The quantitative estimate of drug-likeness (QED) is 0.172. The van der Waals surface area contributed by atoms with E-state index < -0.39 is 29.2 Å². The number of β-lactam (4-membered cyclic amide) rings is 1. The van der Waals surface area contributed by atoms with E-state index in [0.717, 1.165) is 33.3 Å². The maximum atomic E-state index is 13.8. The van der Waals surface area contributed by atoms with E-state index in [0.29, 0.717) is 35.2 Å². The van der Waals surface area contributed by atoms with Crippen LogP contribution in [0.5, 0.6) is 17.2 Å². The van der Waals surface area contributed by atoms with Crippen molar-refractivity contribution in [3.05, 3.63) is 88.9 Å².